The minimum atomic E-state index is 0.357. The lowest BCUT2D eigenvalue weighted by molar-refractivity contribution is 0.280. The molecular weight excluding hydrogens is 186 g/mol. The van der Waals surface area contributed by atoms with E-state index < -0.39 is 0 Å². The molecule has 0 unspecified atom stereocenters. The molecule has 0 bridgehead atoms. The topological polar surface area (TPSA) is 21.3 Å². The molecule has 0 heterocycles. The summed E-state index contributed by atoms with van der Waals surface area (Å²) >= 11 is 5.73. The van der Waals surface area contributed by atoms with Gasteiger partial charge in [0.15, 0.2) is 0 Å². The van der Waals surface area contributed by atoms with Crippen LogP contribution < -0.4 is 10.1 Å². The van der Waals surface area contributed by atoms with Crippen molar-refractivity contribution in [2.75, 3.05) is 13.7 Å². The van der Waals surface area contributed by atoms with Crippen LogP contribution in [0.4, 0.5) is 0 Å². The average Bonchev–Trinajstić information content (AvgIpc) is 2.16. The molecule has 2 nitrogen and oxygen atoms in total. The van der Waals surface area contributed by atoms with Crippen molar-refractivity contribution in [3.63, 3.8) is 0 Å². The van der Waals surface area contributed by atoms with Gasteiger partial charge in [-0.2, -0.15) is 0 Å². The number of rotatable bonds is 4. The van der Waals surface area contributed by atoms with Gasteiger partial charge in [-0.3, -0.25) is 0 Å². The zero-order chi connectivity index (χ0) is 9.68. The first-order valence-corrected chi connectivity index (χ1v) is 4.66. The minimum Gasteiger partial charge on any atom is -0.492 e. The highest BCUT2D eigenvalue weighted by Crippen LogP contribution is 2.15. The molecule has 0 fully saturated rings. The predicted octanol–water partition coefficient (Wildman–Crippen LogP) is 2.33. The van der Waals surface area contributed by atoms with Crippen LogP contribution in [-0.2, 0) is 0 Å². The first-order valence-electron chi connectivity index (χ1n) is 4.28. The third-order valence-corrected chi connectivity index (χ3v) is 2.06. The van der Waals surface area contributed by atoms with Crippen molar-refractivity contribution < 1.29 is 4.74 Å². The number of nitrogens with one attached hydrogen (secondary N) is 1. The molecule has 0 radical (unpaired) electrons. The molecule has 1 rings (SSSR count). The molecule has 0 spiro atoms. The van der Waals surface area contributed by atoms with Crippen molar-refractivity contribution in [2.45, 2.75) is 13.0 Å². The molecule has 0 saturated heterocycles. The van der Waals surface area contributed by atoms with Crippen LogP contribution in [0.25, 0.3) is 0 Å². The van der Waals surface area contributed by atoms with Gasteiger partial charge < -0.3 is 10.1 Å². The predicted molar refractivity (Wildman–Crippen MR) is 55.5 cm³/mol. The Morgan fingerprint density at radius 1 is 1.38 bits per heavy atom. The Hall–Kier alpha value is -0.730. The van der Waals surface area contributed by atoms with Crippen molar-refractivity contribution in [3.05, 3.63) is 29.3 Å². The number of likely N-dealkylation sites (N-methyl/N-ethyl adjacent to an activating group) is 1. The molecule has 1 aromatic carbocycles. The molecule has 1 atom stereocenters. The van der Waals surface area contributed by atoms with E-state index >= 15 is 0 Å². The number of ether oxygens (including phenoxy) is 1. The molecule has 0 saturated carbocycles. The highest BCUT2D eigenvalue weighted by atomic mass is 35.5. The number of hydrogen-bond donors (Lipinski definition) is 1. The second-order valence-corrected chi connectivity index (χ2v) is 3.39. The van der Waals surface area contributed by atoms with Gasteiger partial charge >= 0.3 is 0 Å². The summed E-state index contributed by atoms with van der Waals surface area (Å²) in [5.41, 5.74) is 0. The fourth-order valence-corrected chi connectivity index (χ4v) is 0.961. The largest absolute Gasteiger partial charge is 0.492 e. The van der Waals surface area contributed by atoms with Crippen molar-refractivity contribution >= 4 is 11.6 Å². The summed E-state index contributed by atoms with van der Waals surface area (Å²) in [6.45, 7) is 2.73. The lowest BCUT2D eigenvalue weighted by Gasteiger charge is -2.11. The summed E-state index contributed by atoms with van der Waals surface area (Å²) in [6, 6.07) is 7.73. The number of halogens is 1. The minimum absolute atomic E-state index is 0.357. The fraction of sp³-hybridized carbons (Fsp3) is 0.400. The van der Waals surface area contributed by atoms with Crippen molar-refractivity contribution in [2.24, 2.45) is 0 Å². The second-order valence-electron chi connectivity index (χ2n) is 2.95. The van der Waals surface area contributed by atoms with E-state index in [1.165, 1.54) is 0 Å². The molecule has 0 aromatic heterocycles. The first kappa shape index (κ1) is 10.4. The summed E-state index contributed by atoms with van der Waals surface area (Å²) in [7, 11) is 1.91. The van der Waals surface area contributed by atoms with Crippen molar-refractivity contribution in [1.29, 1.82) is 0 Å². The van der Waals surface area contributed by atoms with Gasteiger partial charge in [0.2, 0.25) is 0 Å². The normalized spacial score (nSPS) is 12.5. The summed E-state index contributed by atoms with van der Waals surface area (Å²) < 4.78 is 5.49. The van der Waals surface area contributed by atoms with Gasteiger partial charge in [0, 0.05) is 11.1 Å². The molecule has 0 aliphatic carbocycles. The highest BCUT2D eigenvalue weighted by molar-refractivity contribution is 6.30. The number of benzene rings is 1. The SMILES string of the molecule is CN[C@@H](C)COc1ccc(Cl)cc1. The van der Waals surface area contributed by atoms with Crippen LogP contribution in [0.15, 0.2) is 24.3 Å². The Morgan fingerprint density at radius 3 is 2.54 bits per heavy atom. The Labute approximate surface area is 83.9 Å². The zero-order valence-corrected chi connectivity index (χ0v) is 8.64. The summed E-state index contributed by atoms with van der Waals surface area (Å²) in [5, 5.41) is 3.83. The van der Waals surface area contributed by atoms with E-state index in [0.29, 0.717) is 12.6 Å². The van der Waals surface area contributed by atoms with Gasteiger partial charge in [0.05, 0.1) is 0 Å². The van der Waals surface area contributed by atoms with Gasteiger partial charge in [0.25, 0.3) is 0 Å². The van der Waals surface area contributed by atoms with Gasteiger partial charge in [-0.1, -0.05) is 11.6 Å². The van der Waals surface area contributed by atoms with Crippen LogP contribution in [-0.4, -0.2) is 19.7 Å². The fourth-order valence-electron chi connectivity index (χ4n) is 0.835. The average molecular weight is 200 g/mol. The summed E-state index contributed by atoms with van der Waals surface area (Å²) in [6.07, 6.45) is 0. The van der Waals surface area contributed by atoms with E-state index in [1.807, 2.05) is 31.3 Å². The Morgan fingerprint density at radius 2 is 2.00 bits per heavy atom. The first-order chi connectivity index (χ1) is 6.22. The molecule has 1 aromatic rings. The maximum Gasteiger partial charge on any atom is 0.119 e. The van der Waals surface area contributed by atoms with E-state index in [4.69, 9.17) is 16.3 Å². The number of hydrogen-bond acceptors (Lipinski definition) is 2. The highest BCUT2D eigenvalue weighted by Gasteiger charge is 1.98. The van der Waals surface area contributed by atoms with Crippen LogP contribution in [0.2, 0.25) is 5.02 Å². The van der Waals surface area contributed by atoms with E-state index in [-0.39, 0.29) is 0 Å². The Kier molecular flexibility index (Phi) is 4.06. The second kappa shape index (κ2) is 5.10. The molecule has 0 aliphatic heterocycles. The molecule has 0 aliphatic rings. The monoisotopic (exact) mass is 199 g/mol. The third kappa shape index (κ3) is 3.66. The summed E-state index contributed by atoms with van der Waals surface area (Å²) in [5.74, 6) is 0.853. The van der Waals surface area contributed by atoms with E-state index in [9.17, 15) is 0 Å². The van der Waals surface area contributed by atoms with Gasteiger partial charge in [-0.05, 0) is 38.2 Å². The van der Waals surface area contributed by atoms with Gasteiger partial charge in [-0.25, -0.2) is 0 Å². The standard InChI is InChI=1S/C10H14ClNO/c1-8(12-2)7-13-10-5-3-9(11)4-6-10/h3-6,8,12H,7H2,1-2H3/t8-/m0/s1. The maximum atomic E-state index is 5.73. The molecular formula is C10H14ClNO. The third-order valence-electron chi connectivity index (χ3n) is 1.81. The lowest BCUT2D eigenvalue weighted by Crippen LogP contribution is -2.28. The molecule has 1 N–H and O–H groups in total. The smallest absolute Gasteiger partial charge is 0.119 e. The van der Waals surface area contributed by atoms with Crippen molar-refractivity contribution in [1.82, 2.24) is 5.32 Å². The van der Waals surface area contributed by atoms with Crippen LogP contribution in [0, 0.1) is 0 Å². The quantitative estimate of drug-likeness (QED) is 0.804. The molecule has 13 heavy (non-hydrogen) atoms. The Balaban J connectivity index is 2.41. The summed E-state index contributed by atoms with van der Waals surface area (Å²) in [4.78, 5) is 0. The van der Waals surface area contributed by atoms with Gasteiger partial charge in [0.1, 0.15) is 12.4 Å². The van der Waals surface area contributed by atoms with Crippen LogP contribution in [0.3, 0.4) is 0 Å². The molecule has 0 amide bonds. The zero-order valence-electron chi connectivity index (χ0n) is 7.88. The maximum absolute atomic E-state index is 5.73. The van der Waals surface area contributed by atoms with Crippen molar-refractivity contribution in [3.8, 4) is 5.75 Å². The molecule has 72 valence electrons. The lowest BCUT2D eigenvalue weighted by atomic mass is 10.3. The van der Waals surface area contributed by atoms with Gasteiger partial charge in [-0.15, -0.1) is 0 Å². The Bertz CT molecular complexity index is 248. The van der Waals surface area contributed by atoms with E-state index in [2.05, 4.69) is 12.2 Å². The molecule has 3 heteroatoms. The van der Waals surface area contributed by atoms with Crippen LogP contribution in [0.1, 0.15) is 6.92 Å². The van der Waals surface area contributed by atoms with Crippen LogP contribution >= 0.6 is 11.6 Å². The van der Waals surface area contributed by atoms with E-state index in [0.717, 1.165) is 10.8 Å². The van der Waals surface area contributed by atoms with Crippen LogP contribution in [0.5, 0.6) is 5.75 Å². The van der Waals surface area contributed by atoms with E-state index in [1.54, 1.807) is 0 Å².